The summed E-state index contributed by atoms with van der Waals surface area (Å²) in [6, 6.07) is 4.15. The maximum Gasteiger partial charge on any atom is 0.296 e. The molecule has 1 heterocycles. The van der Waals surface area contributed by atoms with Crippen LogP contribution in [0.2, 0.25) is 5.02 Å². The topological polar surface area (TPSA) is 64.8 Å². The van der Waals surface area contributed by atoms with Crippen LogP contribution in [0.4, 0.5) is 4.39 Å². The number of hydrogen-bond acceptors (Lipinski definition) is 4. The van der Waals surface area contributed by atoms with Gasteiger partial charge in [-0.1, -0.05) is 31.5 Å². The lowest BCUT2D eigenvalue weighted by Crippen LogP contribution is -2.12. The molecule has 21 heavy (non-hydrogen) atoms. The third-order valence-electron chi connectivity index (χ3n) is 2.67. The monoisotopic (exact) mass is 351 g/mol. The molecule has 0 atom stereocenters. The molecule has 1 aromatic carbocycles. The fourth-order valence-corrected chi connectivity index (χ4v) is 3.05. The number of aromatic nitrogens is 3. The standard InChI is InChI=1S/C12H12Cl2FN3O2S/c1-7(2)6-18-11(16-17-12(18)21(14,19)20)10-8(13)4-3-5-9(10)15/h3-5,7H,6H2,1-2H3. The Kier molecular flexibility index (Phi) is 4.55. The molecule has 0 aliphatic heterocycles. The first-order valence-electron chi connectivity index (χ1n) is 6.04. The summed E-state index contributed by atoms with van der Waals surface area (Å²) in [7, 11) is 1.25. The van der Waals surface area contributed by atoms with Gasteiger partial charge in [0.2, 0.25) is 0 Å². The Labute approximate surface area is 131 Å². The number of halogens is 3. The summed E-state index contributed by atoms with van der Waals surface area (Å²) in [5.41, 5.74) is -0.00103. The fraction of sp³-hybridized carbons (Fsp3) is 0.333. The molecule has 5 nitrogen and oxygen atoms in total. The van der Waals surface area contributed by atoms with Gasteiger partial charge in [0, 0.05) is 17.2 Å². The van der Waals surface area contributed by atoms with E-state index >= 15 is 0 Å². The van der Waals surface area contributed by atoms with Crippen LogP contribution in [0.1, 0.15) is 13.8 Å². The van der Waals surface area contributed by atoms with Crippen molar-refractivity contribution in [3.63, 3.8) is 0 Å². The van der Waals surface area contributed by atoms with Crippen molar-refractivity contribution in [3.8, 4) is 11.4 Å². The van der Waals surface area contributed by atoms with Crippen molar-refractivity contribution < 1.29 is 12.8 Å². The van der Waals surface area contributed by atoms with Crippen molar-refractivity contribution in [2.24, 2.45) is 5.92 Å². The minimum atomic E-state index is -4.10. The summed E-state index contributed by atoms with van der Waals surface area (Å²) in [6.07, 6.45) is 0. The van der Waals surface area contributed by atoms with E-state index in [1.54, 1.807) is 0 Å². The first kappa shape index (κ1) is 16.2. The number of rotatable bonds is 4. The molecule has 1 aromatic heterocycles. The zero-order valence-electron chi connectivity index (χ0n) is 11.2. The van der Waals surface area contributed by atoms with Gasteiger partial charge in [-0.05, 0) is 18.1 Å². The summed E-state index contributed by atoms with van der Waals surface area (Å²) < 4.78 is 38.4. The van der Waals surface area contributed by atoms with E-state index in [9.17, 15) is 12.8 Å². The largest absolute Gasteiger partial charge is 0.296 e. The lowest BCUT2D eigenvalue weighted by molar-refractivity contribution is 0.487. The second-order valence-electron chi connectivity index (χ2n) is 4.85. The Morgan fingerprint density at radius 1 is 1.33 bits per heavy atom. The smallest absolute Gasteiger partial charge is 0.296 e. The molecule has 0 radical (unpaired) electrons. The van der Waals surface area contributed by atoms with E-state index in [2.05, 4.69) is 10.2 Å². The van der Waals surface area contributed by atoms with Crippen molar-refractivity contribution in [3.05, 3.63) is 29.0 Å². The van der Waals surface area contributed by atoms with Crippen molar-refractivity contribution in [1.82, 2.24) is 14.8 Å². The highest BCUT2D eigenvalue weighted by molar-refractivity contribution is 8.13. The zero-order valence-corrected chi connectivity index (χ0v) is 13.5. The average Bonchev–Trinajstić information content (AvgIpc) is 2.71. The summed E-state index contributed by atoms with van der Waals surface area (Å²) in [5.74, 6) is -0.507. The molecule has 0 unspecified atom stereocenters. The Morgan fingerprint density at radius 3 is 2.52 bits per heavy atom. The number of nitrogens with zero attached hydrogens (tertiary/aromatic N) is 3. The lowest BCUT2D eigenvalue weighted by atomic mass is 10.1. The van der Waals surface area contributed by atoms with E-state index in [1.165, 1.54) is 22.8 Å². The highest BCUT2D eigenvalue weighted by Crippen LogP contribution is 2.31. The normalized spacial score (nSPS) is 12.1. The maximum absolute atomic E-state index is 14.0. The van der Waals surface area contributed by atoms with Crippen molar-refractivity contribution >= 4 is 31.3 Å². The van der Waals surface area contributed by atoms with Crippen LogP contribution in [-0.4, -0.2) is 23.2 Å². The van der Waals surface area contributed by atoms with Crippen LogP contribution in [0.3, 0.4) is 0 Å². The summed E-state index contributed by atoms with van der Waals surface area (Å²) >= 11 is 5.99. The highest BCUT2D eigenvalue weighted by atomic mass is 35.7. The van der Waals surface area contributed by atoms with Crippen LogP contribution in [-0.2, 0) is 15.6 Å². The minimum Gasteiger partial charge on any atom is -0.296 e. The predicted octanol–water partition coefficient (Wildman–Crippen LogP) is 3.32. The molecule has 0 bridgehead atoms. The predicted molar refractivity (Wildman–Crippen MR) is 78.3 cm³/mol. The molecular formula is C12H12Cl2FN3O2S. The highest BCUT2D eigenvalue weighted by Gasteiger charge is 2.26. The maximum atomic E-state index is 14.0. The quantitative estimate of drug-likeness (QED) is 0.792. The molecule has 0 spiro atoms. The Bertz CT molecular complexity index is 755. The van der Waals surface area contributed by atoms with Gasteiger partial charge in [0.1, 0.15) is 5.82 Å². The van der Waals surface area contributed by atoms with Gasteiger partial charge in [0.25, 0.3) is 14.2 Å². The van der Waals surface area contributed by atoms with Gasteiger partial charge in [-0.2, -0.15) is 0 Å². The van der Waals surface area contributed by atoms with E-state index in [0.717, 1.165) is 0 Å². The van der Waals surface area contributed by atoms with Gasteiger partial charge >= 0.3 is 0 Å². The number of benzene rings is 1. The van der Waals surface area contributed by atoms with Crippen LogP contribution in [0.25, 0.3) is 11.4 Å². The molecule has 2 rings (SSSR count). The van der Waals surface area contributed by atoms with Crippen LogP contribution in [0, 0.1) is 11.7 Å². The summed E-state index contributed by atoms with van der Waals surface area (Å²) in [4.78, 5) is 0. The number of hydrogen-bond donors (Lipinski definition) is 0. The van der Waals surface area contributed by atoms with E-state index in [1.807, 2.05) is 13.8 Å². The third kappa shape index (κ3) is 3.36. The van der Waals surface area contributed by atoms with E-state index in [4.69, 9.17) is 22.3 Å². The third-order valence-corrected chi connectivity index (χ3v) is 4.14. The second kappa shape index (κ2) is 5.90. The van der Waals surface area contributed by atoms with Crippen LogP contribution < -0.4 is 0 Å². The molecule has 2 aromatic rings. The van der Waals surface area contributed by atoms with Crippen molar-refractivity contribution in [1.29, 1.82) is 0 Å². The molecule has 0 aliphatic rings. The first-order chi connectivity index (χ1) is 9.71. The Hall–Kier alpha value is -1.18. The van der Waals surface area contributed by atoms with Gasteiger partial charge in [-0.15, -0.1) is 10.2 Å². The van der Waals surface area contributed by atoms with E-state index in [0.29, 0.717) is 0 Å². The van der Waals surface area contributed by atoms with Gasteiger partial charge in [0.05, 0.1) is 10.6 Å². The lowest BCUT2D eigenvalue weighted by Gasteiger charge is -2.12. The van der Waals surface area contributed by atoms with E-state index in [-0.39, 0.29) is 28.9 Å². The second-order valence-corrected chi connectivity index (χ2v) is 7.71. The van der Waals surface area contributed by atoms with Gasteiger partial charge in [0.15, 0.2) is 5.82 Å². The Balaban J connectivity index is 2.73. The molecule has 0 saturated heterocycles. The zero-order chi connectivity index (χ0) is 15.8. The van der Waals surface area contributed by atoms with Gasteiger partial charge in [-0.25, -0.2) is 12.8 Å². The molecule has 0 amide bonds. The minimum absolute atomic E-state index is 0.00103. The first-order valence-corrected chi connectivity index (χ1v) is 8.72. The SMILES string of the molecule is CC(C)Cn1c(-c2c(F)cccc2Cl)nnc1S(=O)(=O)Cl. The molecule has 0 fully saturated rings. The molecule has 0 saturated carbocycles. The van der Waals surface area contributed by atoms with Gasteiger partial charge in [-0.3, -0.25) is 4.57 Å². The van der Waals surface area contributed by atoms with Crippen LogP contribution in [0.5, 0.6) is 0 Å². The van der Waals surface area contributed by atoms with Gasteiger partial charge < -0.3 is 0 Å². The van der Waals surface area contributed by atoms with Crippen molar-refractivity contribution in [2.45, 2.75) is 25.5 Å². The summed E-state index contributed by atoms with van der Waals surface area (Å²) in [6.45, 7) is 4.00. The molecule has 0 aliphatic carbocycles. The van der Waals surface area contributed by atoms with Crippen molar-refractivity contribution in [2.75, 3.05) is 0 Å². The van der Waals surface area contributed by atoms with Crippen LogP contribution >= 0.6 is 22.3 Å². The molecule has 9 heteroatoms. The molecule has 0 N–H and O–H groups in total. The summed E-state index contributed by atoms with van der Waals surface area (Å²) in [5, 5.41) is 7.01. The van der Waals surface area contributed by atoms with E-state index < -0.39 is 20.0 Å². The molecule has 114 valence electrons. The molecular weight excluding hydrogens is 340 g/mol. The van der Waals surface area contributed by atoms with Crippen LogP contribution in [0.15, 0.2) is 23.4 Å². The fourth-order valence-electron chi connectivity index (χ4n) is 1.90. The Morgan fingerprint density at radius 2 is 2.00 bits per heavy atom. The average molecular weight is 352 g/mol.